The highest BCUT2D eigenvalue weighted by Gasteiger charge is 2.26. The summed E-state index contributed by atoms with van der Waals surface area (Å²) in [5.41, 5.74) is 0.991. The number of carbonyl (C=O) groups excluding carboxylic acids is 1. The number of piperidine rings is 1. The van der Waals surface area contributed by atoms with E-state index in [1.165, 1.54) is 0 Å². The Morgan fingerprint density at radius 1 is 1.21 bits per heavy atom. The van der Waals surface area contributed by atoms with Gasteiger partial charge in [0.15, 0.2) is 11.5 Å². The van der Waals surface area contributed by atoms with E-state index >= 15 is 0 Å². The molecule has 24 heavy (non-hydrogen) atoms. The van der Waals surface area contributed by atoms with Crippen molar-refractivity contribution in [2.75, 3.05) is 32.8 Å². The monoisotopic (exact) mass is 354 g/mol. The van der Waals surface area contributed by atoms with Gasteiger partial charge in [-0.15, -0.1) is 12.4 Å². The van der Waals surface area contributed by atoms with Crippen LogP contribution in [0.3, 0.4) is 0 Å². The zero-order valence-corrected chi connectivity index (χ0v) is 15.2. The molecule has 2 N–H and O–H groups in total. The molecule has 134 valence electrons. The quantitative estimate of drug-likeness (QED) is 0.870. The van der Waals surface area contributed by atoms with Gasteiger partial charge in [-0.3, -0.25) is 4.79 Å². The fourth-order valence-electron chi connectivity index (χ4n) is 3.10. The summed E-state index contributed by atoms with van der Waals surface area (Å²) in [5.74, 6) is 1.92. The summed E-state index contributed by atoms with van der Waals surface area (Å²) in [6, 6.07) is 6.05. The molecular weight excluding hydrogens is 328 g/mol. The maximum absolute atomic E-state index is 12.3. The predicted molar refractivity (Wildman–Crippen MR) is 96.3 cm³/mol. The van der Waals surface area contributed by atoms with E-state index in [1.54, 1.807) is 0 Å². The molecule has 3 rings (SSSR count). The number of nitrogens with one attached hydrogen (secondary N) is 2. The molecule has 0 spiro atoms. The van der Waals surface area contributed by atoms with Crippen LogP contribution in [0, 0.1) is 5.92 Å². The average molecular weight is 355 g/mol. The summed E-state index contributed by atoms with van der Waals surface area (Å²) >= 11 is 0. The predicted octanol–water partition coefficient (Wildman–Crippen LogP) is 2.27. The number of carbonyl (C=O) groups is 1. The summed E-state index contributed by atoms with van der Waals surface area (Å²) in [6.07, 6.45) is 1.85. The molecular formula is C18H27ClN2O3. The topological polar surface area (TPSA) is 59.6 Å². The molecule has 0 unspecified atom stereocenters. The number of amides is 1. The van der Waals surface area contributed by atoms with Crippen molar-refractivity contribution in [1.29, 1.82) is 0 Å². The number of rotatable bonds is 4. The molecule has 1 aromatic carbocycles. The average Bonchev–Trinajstić information content (AvgIpc) is 2.60. The molecule has 1 amide bonds. The van der Waals surface area contributed by atoms with E-state index in [1.807, 2.05) is 12.1 Å². The van der Waals surface area contributed by atoms with Gasteiger partial charge in [-0.1, -0.05) is 19.9 Å². The van der Waals surface area contributed by atoms with Crippen molar-refractivity contribution in [3.8, 4) is 11.5 Å². The number of halogens is 1. The van der Waals surface area contributed by atoms with Crippen molar-refractivity contribution >= 4 is 18.3 Å². The molecule has 2 heterocycles. The molecule has 1 fully saturated rings. The van der Waals surface area contributed by atoms with Gasteiger partial charge >= 0.3 is 0 Å². The zero-order chi connectivity index (χ0) is 16.3. The van der Waals surface area contributed by atoms with Gasteiger partial charge in [-0.2, -0.15) is 0 Å². The summed E-state index contributed by atoms with van der Waals surface area (Å²) in [7, 11) is 0. The van der Waals surface area contributed by atoms with Crippen molar-refractivity contribution < 1.29 is 14.3 Å². The van der Waals surface area contributed by atoms with E-state index in [9.17, 15) is 4.79 Å². The van der Waals surface area contributed by atoms with Crippen LogP contribution in [0.4, 0.5) is 0 Å². The Balaban J connectivity index is 0.00000208. The maximum Gasteiger partial charge on any atom is 0.223 e. The number of ether oxygens (including phenoxy) is 2. The molecule has 0 saturated carbocycles. The van der Waals surface area contributed by atoms with Crippen molar-refractivity contribution in [2.24, 2.45) is 5.92 Å². The Morgan fingerprint density at radius 3 is 2.58 bits per heavy atom. The lowest BCUT2D eigenvalue weighted by Crippen LogP contribution is -2.42. The van der Waals surface area contributed by atoms with Gasteiger partial charge in [0.05, 0.1) is 0 Å². The summed E-state index contributed by atoms with van der Waals surface area (Å²) < 4.78 is 11.2. The van der Waals surface area contributed by atoms with E-state index in [0.29, 0.717) is 19.8 Å². The molecule has 0 aromatic heterocycles. The first kappa shape index (κ1) is 18.9. The van der Waals surface area contributed by atoms with Gasteiger partial charge in [0.1, 0.15) is 13.2 Å². The second-order valence-corrected chi connectivity index (χ2v) is 6.98. The van der Waals surface area contributed by atoms with Crippen molar-refractivity contribution in [3.63, 3.8) is 0 Å². The molecule has 1 aromatic rings. The highest BCUT2D eigenvalue weighted by Crippen LogP contribution is 2.35. The van der Waals surface area contributed by atoms with E-state index in [4.69, 9.17) is 9.47 Å². The molecule has 5 nitrogen and oxygen atoms in total. The van der Waals surface area contributed by atoms with Crippen LogP contribution in [0.25, 0.3) is 0 Å². The Labute approximate surface area is 149 Å². The lowest BCUT2D eigenvalue weighted by molar-refractivity contribution is -0.125. The molecule has 2 aliphatic heterocycles. The van der Waals surface area contributed by atoms with Crippen LogP contribution in [-0.4, -0.2) is 38.8 Å². The fourth-order valence-corrected chi connectivity index (χ4v) is 3.10. The first-order valence-corrected chi connectivity index (χ1v) is 8.45. The molecule has 0 bridgehead atoms. The van der Waals surface area contributed by atoms with Crippen LogP contribution < -0.4 is 20.1 Å². The summed E-state index contributed by atoms with van der Waals surface area (Å²) in [6.45, 7) is 7.95. The second-order valence-electron chi connectivity index (χ2n) is 6.98. The SMILES string of the molecule is CC(C)(CNC(=O)C1CCNCC1)c1ccc2c(c1)OCCO2.Cl. The summed E-state index contributed by atoms with van der Waals surface area (Å²) in [5, 5.41) is 6.42. The first-order valence-electron chi connectivity index (χ1n) is 8.45. The lowest BCUT2D eigenvalue weighted by Gasteiger charge is -2.29. The smallest absolute Gasteiger partial charge is 0.223 e. The maximum atomic E-state index is 12.3. The normalized spacial score (nSPS) is 17.8. The highest BCUT2D eigenvalue weighted by atomic mass is 35.5. The molecule has 0 aliphatic carbocycles. The first-order chi connectivity index (χ1) is 11.1. The Morgan fingerprint density at radius 2 is 1.88 bits per heavy atom. The van der Waals surface area contributed by atoms with E-state index in [-0.39, 0.29) is 29.6 Å². The largest absolute Gasteiger partial charge is 0.486 e. The molecule has 2 aliphatic rings. The van der Waals surface area contributed by atoms with E-state index in [0.717, 1.165) is 43.0 Å². The third kappa shape index (κ3) is 4.33. The third-order valence-electron chi connectivity index (χ3n) is 4.74. The van der Waals surface area contributed by atoms with Gasteiger partial charge in [0.2, 0.25) is 5.91 Å². The van der Waals surface area contributed by atoms with E-state index in [2.05, 4.69) is 30.5 Å². The van der Waals surface area contributed by atoms with Crippen LogP contribution in [0.15, 0.2) is 18.2 Å². The minimum atomic E-state index is -0.154. The number of fused-ring (bicyclic) bond motifs is 1. The van der Waals surface area contributed by atoms with Crippen molar-refractivity contribution in [2.45, 2.75) is 32.1 Å². The Bertz CT molecular complexity index is 571. The molecule has 0 atom stereocenters. The van der Waals surface area contributed by atoms with Crippen LogP contribution >= 0.6 is 12.4 Å². The van der Waals surface area contributed by atoms with Crippen LogP contribution in [0.1, 0.15) is 32.3 Å². The molecule has 0 radical (unpaired) electrons. The Hall–Kier alpha value is -1.46. The van der Waals surface area contributed by atoms with Crippen molar-refractivity contribution in [1.82, 2.24) is 10.6 Å². The molecule has 1 saturated heterocycles. The minimum Gasteiger partial charge on any atom is -0.486 e. The lowest BCUT2D eigenvalue weighted by atomic mass is 9.84. The van der Waals surface area contributed by atoms with Gasteiger partial charge in [-0.05, 0) is 43.6 Å². The van der Waals surface area contributed by atoms with E-state index < -0.39 is 0 Å². The van der Waals surface area contributed by atoms with Crippen molar-refractivity contribution in [3.05, 3.63) is 23.8 Å². The second kappa shape index (κ2) is 8.08. The standard InChI is InChI=1S/C18H26N2O3.ClH/c1-18(2,12-20-17(21)13-5-7-19-8-6-13)14-3-4-15-16(11-14)23-10-9-22-15;/h3-4,11,13,19H,5-10,12H2,1-2H3,(H,20,21);1H. The molecule has 6 heteroatoms. The van der Waals surface area contributed by atoms with Gasteiger partial charge < -0.3 is 20.1 Å². The number of benzene rings is 1. The van der Waals surface area contributed by atoms with Gasteiger partial charge in [-0.25, -0.2) is 0 Å². The number of hydrogen-bond donors (Lipinski definition) is 2. The highest BCUT2D eigenvalue weighted by molar-refractivity contribution is 5.85. The van der Waals surface area contributed by atoms with Crippen LogP contribution in [0.5, 0.6) is 11.5 Å². The number of hydrogen-bond acceptors (Lipinski definition) is 4. The fraction of sp³-hybridized carbons (Fsp3) is 0.611. The van der Waals surface area contributed by atoms with Crippen LogP contribution in [-0.2, 0) is 10.2 Å². The minimum absolute atomic E-state index is 0. The van der Waals surface area contributed by atoms with Crippen LogP contribution in [0.2, 0.25) is 0 Å². The summed E-state index contributed by atoms with van der Waals surface area (Å²) in [4.78, 5) is 12.3. The van der Waals surface area contributed by atoms with Gasteiger partial charge in [0.25, 0.3) is 0 Å². The third-order valence-corrected chi connectivity index (χ3v) is 4.74. The Kier molecular flexibility index (Phi) is 6.35. The van der Waals surface area contributed by atoms with Gasteiger partial charge in [0, 0.05) is 17.9 Å². The zero-order valence-electron chi connectivity index (χ0n) is 14.4.